The van der Waals surface area contributed by atoms with Crippen molar-refractivity contribution in [2.75, 3.05) is 7.05 Å². The zero-order chi connectivity index (χ0) is 23.9. The van der Waals surface area contributed by atoms with Gasteiger partial charge in [0, 0.05) is 11.6 Å². The van der Waals surface area contributed by atoms with Crippen LogP contribution in [0.25, 0.3) is 0 Å². The van der Waals surface area contributed by atoms with Gasteiger partial charge < -0.3 is 0 Å². The molecule has 0 saturated heterocycles. The molecule has 0 aliphatic carbocycles. The topological polar surface area (TPSA) is 3.01 Å². The van der Waals surface area contributed by atoms with Crippen LogP contribution in [0.2, 0.25) is 0 Å². The zero-order valence-corrected chi connectivity index (χ0v) is 20.2. The van der Waals surface area contributed by atoms with Crippen molar-refractivity contribution in [1.82, 2.24) is 0 Å². The molecule has 0 saturated carbocycles. The first-order chi connectivity index (χ1) is 17.3. The van der Waals surface area contributed by atoms with Crippen LogP contribution in [0.3, 0.4) is 0 Å². The smallest absolute Gasteiger partial charge is 0.205 e. The van der Waals surface area contributed by atoms with Crippen LogP contribution in [-0.4, -0.2) is 24.0 Å². The second-order valence-electron chi connectivity index (χ2n) is 9.14. The summed E-state index contributed by atoms with van der Waals surface area (Å²) in [6.07, 6.45) is 2.07. The minimum Gasteiger partial charge on any atom is -0.205 e. The minimum atomic E-state index is -1.22. The summed E-state index contributed by atoms with van der Waals surface area (Å²) >= 11 is 0. The van der Waals surface area contributed by atoms with Gasteiger partial charge in [-0.05, 0) is 0 Å². The van der Waals surface area contributed by atoms with Crippen LogP contribution in [0.1, 0.15) is 5.56 Å². The number of hydrogen-bond acceptors (Lipinski definition) is 0. The van der Waals surface area contributed by atoms with E-state index >= 15 is 0 Å². The van der Waals surface area contributed by atoms with Crippen molar-refractivity contribution >= 4 is 39.9 Å². The summed E-state index contributed by atoms with van der Waals surface area (Å²) in [5.74, 6) is 0. The first kappa shape index (κ1) is 22.6. The van der Waals surface area contributed by atoms with Gasteiger partial charge >= 0.3 is 0 Å². The Morgan fingerprint density at radius 3 is 1.17 bits per heavy atom. The molecule has 0 spiro atoms. The summed E-state index contributed by atoms with van der Waals surface area (Å²) in [5, 5.41) is 0. The van der Waals surface area contributed by atoms with E-state index in [1.807, 2.05) is 0 Å². The van der Waals surface area contributed by atoms with Gasteiger partial charge in [0.15, 0.2) is 0 Å². The van der Waals surface area contributed by atoms with Gasteiger partial charge in [0.05, 0.1) is 6.42 Å². The monoisotopic (exact) mass is 451 g/mol. The van der Waals surface area contributed by atoms with Crippen molar-refractivity contribution in [2.24, 2.45) is 0 Å². The molecule has 0 fully saturated rings. The number of rotatable bonds is 4. The van der Waals surface area contributed by atoms with Crippen LogP contribution in [-0.2, 0) is 6.42 Å². The summed E-state index contributed by atoms with van der Waals surface area (Å²) in [7, 11) is 2.09. The molecule has 35 heavy (non-hydrogen) atoms. The lowest BCUT2D eigenvalue weighted by Crippen LogP contribution is -2.74. The van der Waals surface area contributed by atoms with E-state index in [4.69, 9.17) is 0 Å². The summed E-state index contributed by atoms with van der Waals surface area (Å²) in [4.78, 5) is 0. The lowest BCUT2D eigenvalue weighted by atomic mass is 9.13. The van der Waals surface area contributed by atoms with E-state index in [1.165, 1.54) is 33.1 Å². The Bertz CT molecular complexity index is 1230. The van der Waals surface area contributed by atoms with Crippen molar-refractivity contribution in [2.45, 2.75) is 6.42 Å². The molecule has 2 heteroatoms. The summed E-state index contributed by atoms with van der Waals surface area (Å²) in [5.41, 5.74) is 8.14. The Morgan fingerprint density at radius 1 is 0.457 bits per heavy atom. The molecular weight excluding hydrogens is 421 g/mol. The molecule has 0 aromatic heterocycles. The molecule has 1 aliphatic heterocycles. The molecule has 6 rings (SSSR count). The quantitative estimate of drug-likeness (QED) is 0.277. The normalized spacial score (nSPS) is 12.2. The first-order valence-corrected chi connectivity index (χ1v) is 12.3. The maximum Gasteiger partial charge on any atom is 0.208 e. The maximum absolute atomic E-state index is 2.26. The Labute approximate surface area is 209 Å². The third-order valence-electron chi connectivity index (χ3n) is 7.15. The van der Waals surface area contributed by atoms with Gasteiger partial charge in [0.2, 0.25) is 5.69 Å². The van der Waals surface area contributed by atoms with E-state index in [0.717, 1.165) is 6.42 Å². The van der Waals surface area contributed by atoms with Gasteiger partial charge in [-0.15, -0.1) is 0 Å². The fourth-order valence-corrected chi connectivity index (χ4v) is 5.48. The highest BCUT2D eigenvalue weighted by Crippen LogP contribution is 2.21. The molecule has 1 aliphatic rings. The first-order valence-electron chi connectivity index (χ1n) is 12.3. The Kier molecular flexibility index (Phi) is 6.72. The molecule has 1 nitrogen and oxygen atoms in total. The van der Waals surface area contributed by atoms with Gasteiger partial charge in [0.25, 0.3) is 0 Å². The third kappa shape index (κ3) is 4.48. The van der Waals surface area contributed by atoms with Crippen molar-refractivity contribution in [3.8, 4) is 0 Å². The highest BCUT2D eigenvalue weighted by molar-refractivity contribution is 7.19. The second-order valence-corrected chi connectivity index (χ2v) is 9.14. The molecule has 0 bridgehead atoms. The lowest BCUT2D eigenvalue weighted by Gasteiger charge is -2.44. The van der Waals surface area contributed by atoms with Crippen LogP contribution in [0.4, 0.5) is 5.69 Å². The van der Waals surface area contributed by atoms with Crippen LogP contribution < -0.4 is 21.9 Å². The fraction of sp³-hybridized carbons (Fsp3) is 0.0606. The van der Waals surface area contributed by atoms with E-state index in [1.54, 1.807) is 0 Å². The fourth-order valence-electron chi connectivity index (χ4n) is 5.48. The highest BCUT2D eigenvalue weighted by Gasteiger charge is 2.31. The van der Waals surface area contributed by atoms with E-state index < -0.39 is 6.15 Å². The number of nitrogens with zero attached hydrogens (tertiary/aromatic N) is 1. The van der Waals surface area contributed by atoms with E-state index in [9.17, 15) is 0 Å². The van der Waals surface area contributed by atoms with Crippen molar-refractivity contribution < 1.29 is 4.58 Å². The Morgan fingerprint density at radius 2 is 0.800 bits per heavy atom. The van der Waals surface area contributed by atoms with Gasteiger partial charge in [-0.1, -0.05) is 140 Å². The molecule has 0 atom stereocenters. The van der Waals surface area contributed by atoms with E-state index in [-0.39, 0.29) is 0 Å². The van der Waals surface area contributed by atoms with Gasteiger partial charge in [0.1, 0.15) is 19.4 Å². The minimum absolute atomic E-state index is 1.09. The van der Waals surface area contributed by atoms with Crippen molar-refractivity contribution in [3.05, 3.63) is 151 Å². The summed E-state index contributed by atoms with van der Waals surface area (Å²) < 4.78 is 2.18. The number of para-hydroxylation sites is 1. The van der Waals surface area contributed by atoms with Gasteiger partial charge in [-0.2, -0.15) is 21.9 Å². The average molecular weight is 451 g/mol. The second kappa shape index (κ2) is 10.4. The average Bonchev–Trinajstić information content (AvgIpc) is 3.33. The molecule has 170 valence electrons. The Balaban J connectivity index is 0.000000211. The van der Waals surface area contributed by atoms with Gasteiger partial charge in [-0.3, -0.25) is 0 Å². The van der Waals surface area contributed by atoms with E-state index in [0.29, 0.717) is 0 Å². The summed E-state index contributed by atoms with van der Waals surface area (Å²) in [6, 6.07) is 52.0. The van der Waals surface area contributed by atoms with Crippen molar-refractivity contribution in [1.29, 1.82) is 0 Å². The van der Waals surface area contributed by atoms with E-state index in [2.05, 4.69) is 163 Å². The maximum atomic E-state index is 2.26. The molecular formula is C33H30BN. The number of benzene rings is 5. The molecule has 0 amide bonds. The largest absolute Gasteiger partial charge is 0.208 e. The summed E-state index contributed by atoms with van der Waals surface area (Å²) in [6.45, 7) is 0. The predicted molar refractivity (Wildman–Crippen MR) is 152 cm³/mol. The number of hydrogen-bond donors (Lipinski definition) is 0. The highest BCUT2D eigenvalue weighted by atomic mass is 15.0. The van der Waals surface area contributed by atoms with Crippen LogP contribution in [0, 0.1) is 0 Å². The molecule has 0 N–H and O–H groups in total. The van der Waals surface area contributed by atoms with Crippen LogP contribution >= 0.6 is 0 Å². The lowest BCUT2D eigenvalue weighted by molar-refractivity contribution is -0.396. The van der Waals surface area contributed by atoms with Gasteiger partial charge in [-0.25, -0.2) is 4.58 Å². The zero-order valence-electron chi connectivity index (χ0n) is 20.2. The number of fused-ring (bicyclic) bond motifs is 1. The molecule has 1 heterocycles. The molecule has 0 radical (unpaired) electrons. The SMILES string of the molecule is C[N+]1=CCc2ccccc21.c1ccc([B-](c2ccccc2)(c2ccccc2)c2ccccc2)cc1. The third-order valence-corrected chi connectivity index (χ3v) is 7.15. The Hall–Kier alpha value is -4.17. The molecule has 5 aromatic rings. The van der Waals surface area contributed by atoms with Crippen molar-refractivity contribution in [3.63, 3.8) is 0 Å². The standard InChI is InChI=1S/C24H20B.C9H10N/c1-5-13-21(14-6-1)25(22-15-7-2-8-16-22,23-17-9-3-10-18-23)24-19-11-4-12-20-24;1-10-7-6-8-4-2-3-5-9(8)10/h1-20H;2-5,7H,6H2,1H3/q-1;+1. The molecule has 0 unspecified atom stereocenters. The van der Waals surface area contributed by atoms with Crippen LogP contribution in [0.5, 0.6) is 0 Å². The molecule has 5 aromatic carbocycles. The predicted octanol–water partition coefficient (Wildman–Crippen LogP) is 4.65. The van der Waals surface area contributed by atoms with Crippen LogP contribution in [0.15, 0.2) is 146 Å².